The molecule has 0 aromatic carbocycles. The smallest absolute Gasteiger partial charge is 0.0240 e. The molecule has 0 heteroatoms. The van der Waals surface area contributed by atoms with Crippen LogP contribution in [-0.2, 0) is 0 Å². The molecule has 1 spiro atoms. The van der Waals surface area contributed by atoms with Crippen LogP contribution in [-0.4, -0.2) is 0 Å². The van der Waals surface area contributed by atoms with E-state index in [-0.39, 0.29) is 0 Å². The van der Waals surface area contributed by atoms with Crippen LogP contribution in [0.3, 0.4) is 0 Å². The monoisotopic (exact) mass is 258 g/mol. The van der Waals surface area contributed by atoms with Gasteiger partial charge in [0.1, 0.15) is 0 Å². The quantitative estimate of drug-likeness (QED) is 0.507. The van der Waals surface area contributed by atoms with Gasteiger partial charge < -0.3 is 0 Å². The molecule has 0 heterocycles. The van der Waals surface area contributed by atoms with Crippen molar-refractivity contribution in [3.05, 3.63) is 12.2 Å². The molecule has 0 aliphatic heterocycles. The van der Waals surface area contributed by atoms with Crippen LogP contribution in [0.4, 0.5) is 0 Å². The summed E-state index contributed by atoms with van der Waals surface area (Å²) in [5.41, 5.74) is 2.35. The van der Waals surface area contributed by atoms with Crippen LogP contribution in [0.15, 0.2) is 12.2 Å². The van der Waals surface area contributed by atoms with Crippen molar-refractivity contribution in [1.29, 1.82) is 0 Å². The first-order chi connectivity index (χ1) is 9.12. The fourth-order valence-electron chi connectivity index (χ4n) is 6.68. The molecule has 0 radical (unpaired) electrons. The predicted molar refractivity (Wildman–Crippen MR) is 80.8 cm³/mol. The van der Waals surface area contributed by atoms with Gasteiger partial charge in [-0.1, -0.05) is 26.0 Å². The van der Waals surface area contributed by atoms with E-state index in [1.165, 1.54) is 32.1 Å². The number of hydrogen-bond donors (Lipinski definition) is 0. The van der Waals surface area contributed by atoms with Gasteiger partial charge in [-0.2, -0.15) is 0 Å². The molecule has 4 aliphatic rings. The molecule has 0 bridgehead atoms. The Kier molecular flexibility index (Phi) is 2.71. The maximum atomic E-state index is 4.27. The summed E-state index contributed by atoms with van der Waals surface area (Å²) in [5.74, 6) is 6.30. The van der Waals surface area contributed by atoms with Crippen LogP contribution in [0, 0.1) is 40.9 Å². The van der Waals surface area contributed by atoms with E-state index in [2.05, 4.69) is 20.4 Å². The lowest BCUT2D eigenvalue weighted by atomic mass is 9.52. The van der Waals surface area contributed by atoms with E-state index in [0.717, 1.165) is 40.9 Å². The molecule has 7 unspecified atom stereocenters. The van der Waals surface area contributed by atoms with Crippen molar-refractivity contribution in [2.45, 2.75) is 65.2 Å². The second-order valence-corrected chi connectivity index (χ2v) is 8.49. The fourth-order valence-corrected chi connectivity index (χ4v) is 6.68. The van der Waals surface area contributed by atoms with Crippen LogP contribution in [0.2, 0.25) is 0 Å². The van der Waals surface area contributed by atoms with Crippen molar-refractivity contribution >= 4 is 0 Å². The molecule has 0 N–H and O–H groups in total. The van der Waals surface area contributed by atoms with Crippen molar-refractivity contribution in [2.24, 2.45) is 40.9 Å². The third-order valence-electron chi connectivity index (χ3n) is 7.96. The summed E-state index contributed by atoms with van der Waals surface area (Å²) >= 11 is 0. The third-order valence-corrected chi connectivity index (χ3v) is 7.96. The maximum absolute atomic E-state index is 4.27. The number of rotatable bonds is 0. The Balaban J connectivity index is 1.55. The molecule has 0 saturated heterocycles. The predicted octanol–water partition coefficient (Wildman–Crippen LogP) is 5.44. The van der Waals surface area contributed by atoms with E-state index in [9.17, 15) is 0 Å². The summed E-state index contributed by atoms with van der Waals surface area (Å²) in [7, 11) is 0. The van der Waals surface area contributed by atoms with Crippen molar-refractivity contribution in [3.63, 3.8) is 0 Å². The molecule has 19 heavy (non-hydrogen) atoms. The average molecular weight is 258 g/mol. The first-order valence-corrected chi connectivity index (χ1v) is 8.78. The molecule has 106 valence electrons. The number of allylic oxidation sites excluding steroid dienone is 1. The van der Waals surface area contributed by atoms with Gasteiger partial charge in [-0.15, -0.1) is 0 Å². The van der Waals surface area contributed by atoms with Gasteiger partial charge in [-0.3, -0.25) is 0 Å². The standard InChI is InChI=1S/C19H30/c1-12-4-6-17-15(10-12)5-7-16-14(3)19(11-13(19)2)9-8-18(16)17/h13-18H,1,4-11H2,2-3H3. The molecule has 4 saturated carbocycles. The Morgan fingerprint density at radius 1 is 1.00 bits per heavy atom. The van der Waals surface area contributed by atoms with Crippen molar-refractivity contribution in [3.8, 4) is 0 Å². The van der Waals surface area contributed by atoms with Crippen molar-refractivity contribution < 1.29 is 0 Å². The second-order valence-electron chi connectivity index (χ2n) is 8.49. The Bertz CT molecular complexity index is 395. The Morgan fingerprint density at radius 2 is 1.79 bits per heavy atom. The number of hydrogen-bond acceptors (Lipinski definition) is 0. The highest BCUT2D eigenvalue weighted by Gasteiger charge is 2.60. The van der Waals surface area contributed by atoms with Gasteiger partial charge >= 0.3 is 0 Å². The molecule has 4 fully saturated rings. The van der Waals surface area contributed by atoms with Gasteiger partial charge in [0, 0.05) is 0 Å². The van der Waals surface area contributed by atoms with Gasteiger partial charge in [0.25, 0.3) is 0 Å². The van der Waals surface area contributed by atoms with Crippen LogP contribution in [0.5, 0.6) is 0 Å². The highest BCUT2D eigenvalue weighted by atomic mass is 14.7. The van der Waals surface area contributed by atoms with Crippen LogP contribution >= 0.6 is 0 Å². The fraction of sp³-hybridized carbons (Fsp3) is 0.895. The normalized spacial score (nSPS) is 56.6. The minimum atomic E-state index is 0.798. The van der Waals surface area contributed by atoms with E-state index < -0.39 is 0 Å². The van der Waals surface area contributed by atoms with E-state index in [1.54, 1.807) is 24.8 Å². The van der Waals surface area contributed by atoms with Crippen LogP contribution in [0.1, 0.15) is 65.2 Å². The minimum Gasteiger partial charge on any atom is -0.0999 e. The lowest BCUT2D eigenvalue weighted by Crippen LogP contribution is -2.45. The molecule has 0 nitrogen and oxygen atoms in total. The van der Waals surface area contributed by atoms with E-state index in [4.69, 9.17) is 0 Å². The summed E-state index contributed by atoms with van der Waals surface area (Å²) in [5, 5.41) is 0. The first kappa shape index (κ1) is 12.5. The molecule has 0 amide bonds. The average Bonchev–Trinajstić information content (AvgIpc) is 3.05. The van der Waals surface area contributed by atoms with Crippen molar-refractivity contribution in [1.82, 2.24) is 0 Å². The highest BCUT2D eigenvalue weighted by Crippen LogP contribution is 2.69. The first-order valence-electron chi connectivity index (χ1n) is 8.78. The SMILES string of the molecule is C=C1CCC2C(CCC3C2CCC2(CC2C)C3C)C1. The molecule has 4 aliphatic carbocycles. The summed E-state index contributed by atoms with van der Waals surface area (Å²) in [6.07, 6.45) is 11.9. The summed E-state index contributed by atoms with van der Waals surface area (Å²) in [4.78, 5) is 0. The lowest BCUT2D eigenvalue weighted by Gasteiger charge is -2.53. The van der Waals surface area contributed by atoms with Crippen molar-refractivity contribution in [2.75, 3.05) is 0 Å². The molecular weight excluding hydrogens is 228 g/mol. The summed E-state index contributed by atoms with van der Waals surface area (Å²) in [6.45, 7) is 9.39. The topological polar surface area (TPSA) is 0 Å². The molecule has 4 rings (SSSR count). The zero-order chi connectivity index (χ0) is 13.2. The van der Waals surface area contributed by atoms with Gasteiger partial charge in [0.2, 0.25) is 0 Å². The van der Waals surface area contributed by atoms with Gasteiger partial charge in [0.05, 0.1) is 0 Å². The zero-order valence-corrected chi connectivity index (χ0v) is 12.8. The largest absolute Gasteiger partial charge is 0.0999 e. The molecule has 7 atom stereocenters. The van der Waals surface area contributed by atoms with E-state index >= 15 is 0 Å². The van der Waals surface area contributed by atoms with Crippen LogP contribution < -0.4 is 0 Å². The van der Waals surface area contributed by atoms with Gasteiger partial charge in [-0.25, -0.2) is 0 Å². The zero-order valence-electron chi connectivity index (χ0n) is 12.8. The van der Waals surface area contributed by atoms with Gasteiger partial charge in [-0.05, 0) is 92.3 Å². The number of fused-ring (bicyclic) bond motifs is 3. The Labute approximate surface area is 119 Å². The second kappa shape index (κ2) is 4.12. The summed E-state index contributed by atoms with van der Waals surface area (Å²) < 4.78 is 0. The minimum absolute atomic E-state index is 0.798. The maximum Gasteiger partial charge on any atom is -0.0240 e. The van der Waals surface area contributed by atoms with E-state index in [0.29, 0.717) is 0 Å². The summed E-state index contributed by atoms with van der Waals surface area (Å²) in [6, 6.07) is 0. The molecular formula is C19H30. The Hall–Kier alpha value is -0.260. The lowest BCUT2D eigenvalue weighted by molar-refractivity contribution is -0.0265. The van der Waals surface area contributed by atoms with Crippen LogP contribution in [0.25, 0.3) is 0 Å². The van der Waals surface area contributed by atoms with Gasteiger partial charge in [0.15, 0.2) is 0 Å². The Morgan fingerprint density at radius 3 is 2.53 bits per heavy atom. The van der Waals surface area contributed by atoms with E-state index in [1.807, 2.05) is 0 Å². The third kappa shape index (κ3) is 1.71. The highest BCUT2D eigenvalue weighted by molar-refractivity contribution is 5.12. The molecule has 0 aromatic heterocycles. The molecule has 0 aromatic rings.